The normalized spacial score (nSPS) is 21.3. The molecule has 2 aliphatic rings. The number of benzene rings is 1. The van der Waals surface area contributed by atoms with Crippen LogP contribution in [-0.2, 0) is 21.2 Å². The van der Waals surface area contributed by atoms with E-state index < -0.39 is 10.0 Å². The Kier molecular flexibility index (Phi) is 5.43. The fourth-order valence-corrected chi connectivity index (χ4v) is 4.70. The van der Waals surface area contributed by atoms with E-state index in [-0.39, 0.29) is 17.9 Å². The summed E-state index contributed by atoms with van der Waals surface area (Å²) in [5.41, 5.74) is 2.24. The van der Waals surface area contributed by atoms with Crippen LogP contribution in [0.3, 0.4) is 0 Å². The highest BCUT2D eigenvalue weighted by Crippen LogP contribution is 2.39. The van der Waals surface area contributed by atoms with Crippen LogP contribution >= 0.6 is 0 Å². The number of hydrogen-bond acceptors (Lipinski definition) is 5. The van der Waals surface area contributed by atoms with Crippen LogP contribution in [0.2, 0.25) is 0 Å². The molecule has 1 aromatic rings. The largest absolute Gasteiger partial charge is 0.493 e. The Balaban J connectivity index is 1.66. The van der Waals surface area contributed by atoms with Crippen LogP contribution in [0.1, 0.15) is 36.4 Å². The molecule has 7 nitrogen and oxygen atoms in total. The van der Waals surface area contributed by atoms with Gasteiger partial charge in [0, 0.05) is 19.0 Å². The van der Waals surface area contributed by atoms with Gasteiger partial charge in [-0.1, -0.05) is 0 Å². The van der Waals surface area contributed by atoms with Crippen LogP contribution in [0.25, 0.3) is 0 Å². The second kappa shape index (κ2) is 7.44. The Bertz CT molecular complexity index is 785. The summed E-state index contributed by atoms with van der Waals surface area (Å²) in [6.45, 7) is 0.812. The van der Waals surface area contributed by atoms with Crippen LogP contribution in [0.15, 0.2) is 12.1 Å². The molecule has 3 rings (SSSR count). The van der Waals surface area contributed by atoms with E-state index >= 15 is 0 Å². The van der Waals surface area contributed by atoms with Crippen molar-refractivity contribution in [1.29, 1.82) is 0 Å². The van der Waals surface area contributed by atoms with Gasteiger partial charge in [0.25, 0.3) is 0 Å². The maximum Gasteiger partial charge on any atom is 0.223 e. The lowest BCUT2D eigenvalue weighted by Crippen LogP contribution is -2.43. The molecule has 26 heavy (non-hydrogen) atoms. The van der Waals surface area contributed by atoms with Gasteiger partial charge in [-0.3, -0.25) is 4.79 Å². The van der Waals surface area contributed by atoms with Gasteiger partial charge < -0.3 is 14.8 Å². The van der Waals surface area contributed by atoms with Gasteiger partial charge in [0.1, 0.15) is 0 Å². The number of piperidine rings is 1. The van der Waals surface area contributed by atoms with Gasteiger partial charge in [-0.05, 0) is 48.9 Å². The summed E-state index contributed by atoms with van der Waals surface area (Å²) in [6, 6.07) is 3.88. The number of carbonyl (C=O) groups excluding carboxylic acids is 1. The van der Waals surface area contributed by atoms with Crippen molar-refractivity contribution in [3.8, 4) is 11.5 Å². The van der Waals surface area contributed by atoms with Gasteiger partial charge in [0.15, 0.2) is 11.5 Å². The predicted molar refractivity (Wildman–Crippen MR) is 97.9 cm³/mol. The first-order chi connectivity index (χ1) is 12.3. The molecule has 1 aliphatic carbocycles. The summed E-state index contributed by atoms with van der Waals surface area (Å²) in [7, 11) is 0.0361. The van der Waals surface area contributed by atoms with Crippen molar-refractivity contribution in [2.45, 2.75) is 31.7 Å². The van der Waals surface area contributed by atoms with Gasteiger partial charge in [0.2, 0.25) is 15.9 Å². The molecule has 1 unspecified atom stereocenters. The second-order valence-electron chi connectivity index (χ2n) is 6.94. The van der Waals surface area contributed by atoms with E-state index in [1.807, 2.05) is 12.1 Å². The Labute approximate surface area is 154 Å². The number of fused-ring (bicyclic) bond motifs is 1. The van der Waals surface area contributed by atoms with Crippen LogP contribution < -0.4 is 14.8 Å². The van der Waals surface area contributed by atoms with E-state index in [0.717, 1.165) is 18.4 Å². The summed E-state index contributed by atoms with van der Waals surface area (Å²) in [4.78, 5) is 12.7. The molecule has 1 aromatic carbocycles. The molecule has 0 spiro atoms. The van der Waals surface area contributed by atoms with E-state index in [1.54, 1.807) is 14.2 Å². The minimum atomic E-state index is -3.18. The van der Waals surface area contributed by atoms with Gasteiger partial charge in [-0.15, -0.1) is 0 Å². The number of methoxy groups -OCH3 is 2. The molecular weight excluding hydrogens is 356 g/mol. The van der Waals surface area contributed by atoms with E-state index in [2.05, 4.69) is 5.32 Å². The number of amides is 1. The first kappa shape index (κ1) is 19.0. The number of nitrogens with zero attached hydrogens (tertiary/aromatic N) is 1. The van der Waals surface area contributed by atoms with Gasteiger partial charge in [-0.2, -0.15) is 0 Å². The van der Waals surface area contributed by atoms with Gasteiger partial charge in [0.05, 0.1) is 26.5 Å². The van der Waals surface area contributed by atoms with Crippen LogP contribution in [0.5, 0.6) is 11.5 Å². The smallest absolute Gasteiger partial charge is 0.223 e. The highest BCUT2D eigenvalue weighted by molar-refractivity contribution is 7.88. The fraction of sp³-hybridized carbons (Fsp3) is 0.611. The molecule has 144 valence electrons. The minimum Gasteiger partial charge on any atom is -0.493 e. The minimum absolute atomic E-state index is 0.00536. The molecule has 1 heterocycles. The van der Waals surface area contributed by atoms with E-state index in [9.17, 15) is 13.2 Å². The zero-order chi connectivity index (χ0) is 18.9. The van der Waals surface area contributed by atoms with E-state index in [1.165, 1.54) is 16.1 Å². The third-order valence-electron chi connectivity index (χ3n) is 5.33. The van der Waals surface area contributed by atoms with Crippen molar-refractivity contribution in [1.82, 2.24) is 9.62 Å². The number of sulfonamides is 1. The lowest BCUT2D eigenvalue weighted by molar-refractivity contribution is -0.126. The fourth-order valence-electron chi connectivity index (χ4n) is 3.82. The quantitative estimate of drug-likeness (QED) is 0.834. The van der Waals surface area contributed by atoms with Crippen molar-refractivity contribution in [2.75, 3.05) is 33.6 Å². The highest BCUT2D eigenvalue weighted by atomic mass is 32.2. The number of hydrogen-bond donors (Lipinski definition) is 1. The standard InChI is InChI=1S/C18H26N2O5S/c1-24-16-10-13-4-5-15(14(13)11-17(16)25-2)19-18(21)12-6-8-20(9-7-12)26(3,22)23/h10-12,15H,4-9H2,1-3H3,(H,19,21). The van der Waals surface area contributed by atoms with Gasteiger partial charge in [-0.25, -0.2) is 12.7 Å². The van der Waals surface area contributed by atoms with Crippen molar-refractivity contribution >= 4 is 15.9 Å². The molecule has 8 heteroatoms. The molecule has 0 bridgehead atoms. The maximum atomic E-state index is 12.7. The summed E-state index contributed by atoms with van der Waals surface area (Å²) in [5, 5.41) is 3.14. The van der Waals surface area contributed by atoms with Crippen molar-refractivity contribution < 1.29 is 22.7 Å². The van der Waals surface area contributed by atoms with Crippen LogP contribution in [0, 0.1) is 5.92 Å². The van der Waals surface area contributed by atoms with E-state index in [4.69, 9.17) is 9.47 Å². The highest BCUT2D eigenvalue weighted by Gasteiger charge is 2.32. The number of ether oxygens (including phenoxy) is 2. The lowest BCUT2D eigenvalue weighted by Gasteiger charge is -2.30. The molecule has 0 aromatic heterocycles. The number of nitrogens with one attached hydrogen (secondary N) is 1. The van der Waals surface area contributed by atoms with E-state index in [0.29, 0.717) is 37.4 Å². The topological polar surface area (TPSA) is 84.9 Å². The molecule has 1 amide bonds. The molecule has 1 N–H and O–H groups in total. The molecule has 1 fully saturated rings. The zero-order valence-corrected chi connectivity index (χ0v) is 16.3. The summed E-state index contributed by atoms with van der Waals surface area (Å²) in [6.07, 6.45) is 4.06. The van der Waals surface area contributed by atoms with Crippen LogP contribution in [0.4, 0.5) is 0 Å². The number of rotatable bonds is 5. The van der Waals surface area contributed by atoms with Gasteiger partial charge >= 0.3 is 0 Å². The average molecular weight is 382 g/mol. The molecule has 1 aliphatic heterocycles. The molecule has 1 atom stereocenters. The SMILES string of the molecule is COc1cc2c(cc1OC)C(NC(=O)C1CCN(S(C)(=O)=O)CC1)CC2. The third kappa shape index (κ3) is 3.81. The molecule has 1 saturated heterocycles. The molecule has 0 saturated carbocycles. The Hall–Kier alpha value is -1.80. The van der Waals surface area contributed by atoms with Crippen molar-refractivity contribution in [3.63, 3.8) is 0 Å². The first-order valence-electron chi connectivity index (χ1n) is 8.83. The average Bonchev–Trinajstić information content (AvgIpc) is 3.01. The monoisotopic (exact) mass is 382 g/mol. The summed E-state index contributed by atoms with van der Waals surface area (Å²) >= 11 is 0. The maximum absolute atomic E-state index is 12.7. The van der Waals surface area contributed by atoms with Crippen molar-refractivity contribution in [3.05, 3.63) is 23.3 Å². The Morgan fingerprint density at radius 2 is 1.73 bits per heavy atom. The second-order valence-corrected chi connectivity index (χ2v) is 8.92. The molecular formula is C18H26N2O5S. The first-order valence-corrected chi connectivity index (χ1v) is 10.7. The number of aryl methyl sites for hydroxylation is 1. The van der Waals surface area contributed by atoms with Crippen LogP contribution in [-0.4, -0.2) is 52.2 Å². The zero-order valence-electron chi connectivity index (χ0n) is 15.4. The molecule has 0 radical (unpaired) electrons. The Morgan fingerprint density at radius 1 is 1.12 bits per heavy atom. The summed E-state index contributed by atoms with van der Waals surface area (Å²) in [5.74, 6) is 1.23. The Morgan fingerprint density at radius 3 is 2.31 bits per heavy atom. The van der Waals surface area contributed by atoms with Crippen molar-refractivity contribution in [2.24, 2.45) is 5.92 Å². The number of carbonyl (C=O) groups is 1. The predicted octanol–water partition coefficient (Wildman–Crippen LogP) is 1.48. The summed E-state index contributed by atoms with van der Waals surface area (Å²) < 4.78 is 35.4. The lowest BCUT2D eigenvalue weighted by atomic mass is 9.96. The third-order valence-corrected chi connectivity index (χ3v) is 6.64.